The average Bonchev–Trinajstić information content (AvgIpc) is 2.23. The van der Waals surface area contributed by atoms with Crippen LogP contribution in [-0.4, -0.2) is 16.3 Å². The number of benzene rings is 1. The number of aliphatic hydroxyl groups excluding tert-OH is 1. The first-order valence-corrected chi connectivity index (χ1v) is 5.34. The molecule has 0 fully saturated rings. The van der Waals surface area contributed by atoms with Crippen molar-refractivity contribution in [2.24, 2.45) is 0 Å². The monoisotopic (exact) mass is 208 g/mol. The SMILES string of the molecule is CCC[C@@H]1OCc2c(O)cccc2[C@H]1O. The molecule has 0 aliphatic carbocycles. The predicted molar refractivity (Wildman–Crippen MR) is 56.6 cm³/mol. The number of aromatic hydroxyl groups is 1. The summed E-state index contributed by atoms with van der Waals surface area (Å²) in [6, 6.07) is 5.23. The van der Waals surface area contributed by atoms with Crippen LogP contribution in [0.5, 0.6) is 5.75 Å². The Morgan fingerprint density at radius 2 is 2.27 bits per heavy atom. The Balaban J connectivity index is 2.30. The highest BCUT2D eigenvalue weighted by atomic mass is 16.5. The van der Waals surface area contributed by atoms with Crippen LogP contribution in [0.25, 0.3) is 0 Å². The standard InChI is InChI=1S/C12H16O3/c1-2-4-11-12(14)8-5-3-6-10(13)9(8)7-15-11/h3,5-6,11-14H,2,4,7H2,1H3/t11-,12+/m0/s1. The Bertz CT molecular complexity index is 349. The molecule has 0 amide bonds. The van der Waals surface area contributed by atoms with Crippen LogP contribution in [0.3, 0.4) is 0 Å². The molecule has 3 heteroatoms. The lowest BCUT2D eigenvalue weighted by molar-refractivity contribution is -0.0676. The number of rotatable bonds is 2. The topological polar surface area (TPSA) is 49.7 Å². The number of phenolic OH excluding ortho intramolecular Hbond substituents is 1. The van der Waals surface area contributed by atoms with E-state index in [4.69, 9.17) is 4.74 Å². The van der Waals surface area contributed by atoms with E-state index in [0.717, 1.165) is 24.0 Å². The molecule has 15 heavy (non-hydrogen) atoms. The molecule has 3 nitrogen and oxygen atoms in total. The average molecular weight is 208 g/mol. The van der Waals surface area contributed by atoms with Gasteiger partial charge in [0.15, 0.2) is 0 Å². The summed E-state index contributed by atoms with van der Waals surface area (Å²) in [7, 11) is 0. The van der Waals surface area contributed by atoms with Gasteiger partial charge in [-0.2, -0.15) is 0 Å². The van der Waals surface area contributed by atoms with Gasteiger partial charge in [0.1, 0.15) is 11.9 Å². The maximum Gasteiger partial charge on any atom is 0.121 e. The van der Waals surface area contributed by atoms with E-state index in [0.29, 0.717) is 6.61 Å². The highest BCUT2D eigenvalue weighted by molar-refractivity contribution is 5.41. The van der Waals surface area contributed by atoms with Crippen LogP contribution >= 0.6 is 0 Å². The maximum absolute atomic E-state index is 10.0. The molecule has 1 aromatic carbocycles. The van der Waals surface area contributed by atoms with Gasteiger partial charge >= 0.3 is 0 Å². The molecule has 82 valence electrons. The molecule has 0 bridgehead atoms. The molecule has 2 rings (SSSR count). The number of fused-ring (bicyclic) bond motifs is 1. The summed E-state index contributed by atoms with van der Waals surface area (Å²) in [6.45, 7) is 2.46. The Morgan fingerprint density at radius 1 is 1.47 bits per heavy atom. The molecule has 2 N–H and O–H groups in total. The van der Waals surface area contributed by atoms with Gasteiger partial charge in [-0.25, -0.2) is 0 Å². The van der Waals surface area contributed by atoms with Crippen molar-refractivity contribution in [3.8, 4) is 5.75 Å². The largest absolute Gasteiger partial charge is 0.508 e. The molecule has 1 aromatic rings. The van der Waals surface area contributed by atoms with Crippen molar-refractivity contribution in [1.29, 1.82) is 0 Å². The molecular formula is C12H16O3. The van der Waals surface area contributed by atoms with Crippen LogP contribution < -0.4 is 0 Å². The fourth-order valence-corrected chi connectivity index (χ4v) is 2.03. The lowest BCUT2D eigenvalue weighted by Gasteiger charge is -2.30. The molecule has 0 spiro atoms. The number of aliphatic hydroxyl groups is 1. The van der Waals surface area contributed by atoms with Crippen LogP contribution in [0.1, 0.15) is 37.0 Å². The second-order valence-electron chi connectivity index (χ2n) is 3.93. The third-order valence-electron chi connectivity index (χ3n) is 2.87. The van der Waals surface area contributed by atoms with Gasteiger partial charge in [-0.1, -0.05) is 25.5 Å². The lowest BCUT2D eigenvalue weighted by atomic mass is 9.93. The molecule has 0 saturated carbocycles. The normalized spacial score (nSPS) is 24.9. The molecule has 1 heterocycles. The quantitative estimate of drug-likeness (QED) is 0.782. The molecule has 1 aliphatic rings. The lowest BCUT2D eigenvalue weighted by Crippen LogP contribution is -2.27. The number of ether oxygens (including phenoxy) is 1. The van der Waals surface area contributed by atoms with Gasteiger partial charge in [0.25, 0.3) is 0 Å². The number of phenols is 1. The smallest absolute Gasteiger partial charge is 0.121 e. The molecule has 2 atom stereocenters. The second-order valence-corrected chi connectivity index (χ2v) is 3.93. The number of hydrogen-bond acceptors (Lipinski definition) is 3. The van der Waals surface area contributed by atoms with E-state index in [9.17, 15) is 10.2 Å². The van der Waals surface area contributed by atoms with Crippen LogP contribution in [-0.2, 0) is 11.3 Å². The first-order chi connectivity index (χ1) is 7.24. The molecule has 0 unspecified atom stereocenters. The van der Waals surface area contributed by atoms with E-state index < -0.39 is 6.10 Å². The highest BCUT2D eigenvalue weighted by Gasteiger charge is 2.29. The third kappa shape index (κ3) is 1.85. The summed E-state index contributed by atoms with van der Waals surface area (Å²) in [6.07, 6.45) is 1.08. The van der Waals surface area contributed by atoms with Crippen LogP contribution in [0.2, 0.25) is 0 Å². The van der Waals surface area contributed by atoms with E-state index in [-0.39, 0.29) is 11.9 Å². The van der Waals surface area contributed by atoms with Gasteiger partial charge in [0.05, 0.1) is 12.7 Å². The van der Waals surface area contributed by atoms with Crippen molar-refractivity contribution in [3.63, 3.8) is 0 Å². The summed E-state index contributed by atoms with van der Waals surface area (Å²) in [4.78, 5) is 0. The van der Waals surface area contributed by atoms with Gasteiger partial charge in [-0.3, -0.25) is 0 Å². The summed E-state index contributed by atoms with van der Waals surface area (Å²) < 4.78 is 5.53. The van der Waals surface area contributed by atoms with E-state index >= 15 is 0 Å². The van der Waals surface area contributed by atoms with Crippen molar-refractivity contribution < 1.29 is 14.9 Å². The van der Waals surface area contributed by atoms with Crippen LogP contribution in [0.4, 0.5) is 0 Å². The van der Waals surface area contributed by atoms with Crippen LogP contribution in [0.15, 0.2) is 18.2 Å². The first-order valence-electron chi connectivity index (χ1n) is 5.34. The number of hydrogen-bond donors (Lipinski definition) is 2. The Kier molecular flexibility index (Phi) is 2.93. The van der Waals surface area contributed by atoms with Crippen molar-refractivity contribution in [1.82, 2.24) is 0 Å². The third-order valence-corrected chi connectivity index (χ3v) is 2.87. The fourth-order valence-electron chi connectivity index (χ4n) is 2.03. The minimum absolute atomic E-state index is 0.135. The van der Waals surface area contributed by atoms with Crippen molar-refractivity contribution in [3.05, 3.63) is 29.3 Å². The predicted octanol–water partition coefficient (Wildman–Crippen LogP) is 2.12. The highest BCUT2D eigenvalue weighted by Crippen LogP contribution is 2.35. The zero-order chi connectivity index (χ0) is 10.8. The van der Waals surface area contributed by atoms with Gasteiger partial charge in [-0.05, 0) is 18.1 Å². The van der Waals surface area contributed by atoms with Gasteiger partial charge in [-0.15, -0.1) is 0 Å². The summed E-state index contributed by atoms with van der Waals surface area (Å²) in [5.41, 5.74) is 1.53. The summed E-state index contributed by atoms with van der Waals surface area (Å²) in [5.74, 6) is 0.210. The zero-order valence-corrected chi connectivity index (χ0v) is 8.81. The second kappa shape index (κ2) is 4.21. The van der Waals surface area contributed by atoms with E-state index in [1.165, 1.54) is 0 Å². The van der Waals surface area contributed by atoms with Crippen molar-refractivity contribution in [2.75, 3.05) is 0 Å². The minimum atomic E-state index is -0.610. The van der Waals surface area contributed by atoms with E-state index in [1.807, 2.05) is 6.07 Å². The van der Waals surface area contributed by atoms with E-state index in [1.54, 1.807) is 12.1 Å². The first kappa shape index (κ1) is 10.5. The Labute approximate surface area is 89.3 Å². The van der Waals surface area contributed by atoms with Gasteiger partial charge < -0.3 is 14.9 Å². The Hall–Kier alpha value is -1.06. The molecule has 0 aromatic heterocycles. The van der Waals surface area contributed by atoms with E-state index in [2.05, 4.69) is 6.92 Å². The Morgan fingerprint density at radius 3 is 3.00 bits per heavy atom. The summed E-state index contributed by atoms with van der Waals surface area (Å²) >= 11 is 0. The van der Waals surface area contributed by atoms with Crippen molar-refractivity contribution in [2.45, 2.75) is 38.6 Å². The van der Waals surface area contributed by atoms with Crippen molar-refractivity contribution >= 4 is 0 Å². The molecule has 1 aliphatic heterocycles. The molecule has 0 radical (unpaired) electrons. The summed E-state index contributed by atoms with van der Waals surface area (Å²) in [5, 5.41) is 19.6. The minimum Gasteiger partial charge on any atom is -0.508 e. The zero-order valence-electron chi connectivity index (χ0n) is 8.81. The maximum atomic E-state index is 10.0. The van der Waals surface area contributed by atoms with Gasteiger partial charge in [0.2, 0.25) is 0 Å². The fraction of sp³-hybridized carbons (Fsp3) is 0.500. The van der Waals surface area contributed by atoms with Gasteiger partial charge in [0, 0.05) is 5.56 Å². The molecular weight excluding hydrogens is 192 g/mol. The van der Waals surface area contributed by atoms with Crippen LogP contribution in [0, 0.1) is 0 Å². The molecule has 0 saturated heterocycles.